The summed E-state index contributed by atoms with van der Waals surface area (Å²) in [5, 5.41) is 0. The molecule has 2 rings (SSSR count). The summed E-state index contributed by atoms with van der Waals surface area (Å²) in [4.78, 5) is 16.8. The number of Topliss-reactive ketones (excluding diaryl/α,β-unsaturated/α-hetero) is 1. The van der Waals surface area contributed by atoms with Gasteiger partial charge in [-0.15, -0.1) is 0 Å². The highest BCUT2D eigenvalue weighted by molar-refractivity contribution is 5.81. The molecule has 1 saturated heterocycles. The van der Waals surface area contributed by atoms with Crippen LogP contribution in [0.15, 0.2) is 0 Å². The highest BCUT2D eigenvalue weighted by Gasteiger charge is 2.34. The number of ketones is 1. The Hall–Kier alpha value is -0.410. The van der Waals surface area contributed by atoms with E-state index in [-0.39, 0.29) is 0 Å². The zero-order valence-electron chi connectivity index (χ0n) is 12.4. The van der Waals surface area contributed by atoms with Crippen LogP contribution in [0.2, 0.25) is 0 Å². The zero-order chi connectivity index (χ0) is 13.3. The van der Waals surface area contributed by atoms with Crippen LogP contribution in [0.1, 0.15) is 33.1 Å². The number of carbonyl (C=O) groups excluding carboxylic acids is 1. The fourth-order valence-corrected chi connectivity index (χ4v) is 3.69. The van der Waals surface area contributed by atoms with E-state index < -0.39 is 0 Å². The van der Waals surface area contributed by atoms with Crippen LogP contribution >= 0.6 is 0 Å². The van der Waals surface area contributed by atoms with E-state index >= 15 is 0 Å². The maximum absolute atomic E-state index is 12.0. The van der Waals surface area contributed by atoms with Crippen LogP contribution in [-0.4, -0.2) is 55.4 Å². The Bertz CT molecular complexity index is 303. The molecule has 0 aromatic rings. The summed E-state index contributed by atoms with van der Waals surface area (Å²) in [7, 11) is 4.33. The molecule has 2 aliphatic rings. The molecule has 18 heavy (non-hydrogen) atoms. The van der Waals surface area contributed by atoms with Crippen LogP contribution in [-0.2, 0) is 4.79 Å². The van der Waals surface area contributed by atoms with Crippen LogP contribution in [0, 0.1) is 17.8 Å². The van der Waals surface area contributed by atoms with Gasteiger partial charge in [-0.25, -0.2) is 0 Å². The Kier molecular flexibility index (Phi) is 4.44. The molecule has 0 aromatic carbocycles. The molecule has 2 fully saturated rings. The van der Waals surface area contributed by atoms with Crippen molar-refractivity contribution in [3.05, 3.63) is 0 Å². The number of hydrogen-bond acceptors (Lipinski definition) is 3. The average molecular weight is 252 g/mol. The van der Waals surface area contributed by atoms with Gasteiger partial charge in [-0.1, -0.05) is 13.8 Å². The lowest BCUT2D eigenvalue weighted by Crippen LogP contribution is -2.37. The van der Waals surface area contributed by atoms with E-state index in [1.165, 1.54) is 0 Å². The third-order valence-corrected chi connectivity index (χ3v) is 4.82. The number of likely N-dealkylation sites (tertiary alicyclic amines) is 1. The molecule has 0 N–H and O–H groups in total. The smallest absolute Gasteiger partial charge is 0.137 e. The monoisotopic (exact) mass is 252 g/mol. The van der Waals surface area contributed by atoms with E-state index in [4.69, 9.17) is 0 Å². The van der Waals surface area contributed by atoms with E-state index in [1.807, 2.05) is 0 Å². The Balaban J connectivity index is 1.88. The zero-order valence-corrected chi connectivity index (χ0v) is 12.4. The largest absolute Gasteiger partial charge is 0.305 e. The molecule has 0 bridgehead atoms. The molecule has 0 radical (unpaired) electrons. The maximum atomic E-state index is 12.0. The van der Waals surface area contributed by atoms with Crippen molar-refractivity contribution in [3.63, 3.8) is 0 Å². The molecular formula is C15H28N2O. The quantitative estimate of drug-likeness (QED) is 0.766. The SMILES string of the molecule is CC1CCC(=O)C(CN2CC(C)C(N(C)C)C2)C1. The predicted octanol–water partition coefficient (Wildman–Crippen LogP) is 1.87. The Morgan fingerprint density at radius 3 is 2.61 bits per heavy atom. The van der Waals surface area contributed by atoms with Crippen molar-refractivity contribution in [1.29, 1.82) is 0 Å². The molecule has 1 heterocycles. The molecule has 4 unspecified atom stereocenters. The Morgan fingerprint density at radius 1 is 1.28 bits per heavy atom. The summed E-state index contributed by atoms with van der Waals surface area (Å²) in [6, 6.07) is 0.654. The standard InChI is InChI=1S/C15H28N2O/c1-11-5-6-15(18)13(7-11)9-17-8-12(2)14(10-17)16(3)4/h11-14H,5-10H2,1-4H3. The minimum absolute atomic E-state index is 0.307. The van der Waals surface area contributed by atoms with E-state index in [0.29, 0.717) is 17.7 Å². The molecule has 3 heteroatoms. The summed E-state index contributed by atoms with van der Waals surface area (Å²) in [5.41, 5.74) is 0. The van der Waals surface area contributed by atoms with Gasteiger partial charge in [0.05, 0.1) is 0 Å². The van der Waals surface area contributed by atoms with Gasteiger partial charge >= 0.3 is 0 Å². The molecule has 0 aromatic heterocycles. The summed E-state index contributed by atoms with van der Waals surface area (Å²) < 4.78 is 0. The molecule has 104 valence electrons. The van der Waals surface area contributed by atoms with Crippen LogP contribution in [0.3, 0.4) is 0 Å². The second kappa shape index (κ2) is 5.70. The first-order valence-electron chi connectivity index (χ1n) is 7.39. The van der Waals surface area contributed by atoms with E-state index in [9.17, 15) is 4.79 Å². The lowest BCUT2D eigenvalue weighted by Gasteiger charge is -2.29. The van der Waals surface area contributed by atoms with Crippen molar-refractivity contribution in [2.24, 2.45) is 17.8 Å². The fourth-order valence-electron chi connectivity index (χ4n) is 3.69. The van der Waals surface area contributed by atoms with Crippen molar-refractivity contribution in [2.45, 2.75) is 39.2 Å². The first-order valence-corrected chi connectivity index (χ1v) is 7.39. The topological polar surface area (TPSA) is 23.6 Å². The van der Waals surface area contributed by atoms with Gasteiger partial charge in [0.15, 0.2) is 0 Å². The van der Waals surface area contributed by atoms with Gasteiger partial charge in [0, 0.05) is 38.0 Å². The summed E-state index contributed by atoms with van der Waals surface area (Å²) in [6.45, 7) is 7.90. The van der Waals surface area contributed by atoms with E-state index in [2.05, 4.69) is 37.7 Å². The molecular weight excluding hydrogens is 224 g/mol. The maximum Gasteiger partial charge on any atom is 0.137 e. The Morgan fingerprint density at radius 2 is 2.00 bits per heavy atom. The molecule has 4 atom stereocenters. The van der Waals surface area contributed by atoms with Gasteiger partial charge in [0.1, 0.15) is 5.78 Å². The van der Waals surface area contributed by atoms with Gasteiger partial charge in [-0.05, 0) is 38.8 Å². The van der Waals surface area contributed by atoms with Crippen LogP contribution in [0.4, 0.5) is 0 Å². The lowest BCUT2D eigenvalue weighted by molar-refractivity contribution is -0.126. The van der Waals surface area contributed by atoms with Gasteiger partial charge < -0.3 is 9.80 Å². The molecule has 0 spiro atoms. The molecule has 1 aliphatic heterocycles. The fraction of sp³-hybridized carbons (Fsp3) is 0.933. The second-order valence-electron chi connectivity index (χ2n) is 6.77. The van der Waals surface area contributed by atoms with Crippen LogP contribution < -0.4 is 0 Å². The number of carbonyl (C=O) groups is 1. The van der Waals surface area contributed by atoms with Crippen molar-refractivity contribution < 1.29 is 4.79 Å². The highest BCUT2D eigenvalue weighted by atomic mass is 16.1. The third kappa shape index (κ3) is 3.12. The molecule has 1 saturated carbocycles. The van der Waals surface area contributed by atoms with Crippen molar-refractivity contribution >= 4 is 5.78 Å². The van der Waals surface area contributed by atoms with Gasteiger partial charge in [-0.3, -0.25) is 4.79 Å². The van der Waals surface area contributed by atoms with Gasteiger partial charge in [0.25, 0.3) is 0 Å². The molecule has 1 aliphatic carbocycles. The number of nitrogens with zero attached hydrogens (tertiary/aromatic N) is 2. The minimum Gasteiger partial charge on any atom is -0.305 e. The lowest BCUT2D eigenvalue weighted by atomic mass is 9.81. The molecule has 3 nitrogen and oxygen atoms in total. The normalized spacial score (nSPS) is 38.6. The summed E-state index contributed by atoms with van der Waals surface area (Å²) >= 11 is 0. The predicted molar refractivity (Wildman–Crippen MR) is 74.6 cm³/mol. The van der Waals surface area contributed by atoms with Gasteiger partial charge in [-0.2, -0.15) is 0 Å². The average Bonchev–Trinajstić information content (AvgIpc) is 2.65. The first kappa shape index (κ1) is 14.0. The third-order valence-electron chi connectivity index (χ3n) is 4.82. The van der Waals surface area contributed by atoms with Crippen molar-refractivity contribution in [2.75, 3.05) is 33.7 Å². The Labute approximate surface area is 112 Å². The summed E-state index contributed by atoms with van der Waals surface area (Å²) in [6.07, 6.45) is 3.02. The summed E-state index contributed by atoms with van der Waals surface area (Å²) in [5.74, 6) is 2.27. The first-order chi connectivity index (χ1) is 8.47. The molecule has 0 amide bonds. The minimum atomic E-state index is 0.307. The number of rotatable bonds is 3. The van der Waals surface area contributed by atoms with Crippen molar-refractivity contribution in [3.8, 4) is 0 Å². The van der Waals surface area contributed by atoms with Crippen LogP contribution in [0.25, 0.3) is 0 Å². The van der Waals surface area contributed by atoms with Crippen LogP contribution in [0.5, 0.6) is 0 Å². The number of likely N-dealkylation sites (N-methyl/N-ethyl adjacent to an activating group) is 1. The van der Waals surface area contributed by atoms with E-state index in [0.717, 1.165) is 50.7 Å². The van der Waals surface area contributed by atoms with Crippen molar-refractivity contribution in [1.82, 2.24) is 9.80 Å². The highest BCUT2D eigenvalue weighted by Crippen LogP contribution is 2.28. The second-order valence-corrected chi connectivity index (χ2v) is 6.77. The number of hydrogen-bond donors (Lipinski definition) is 0. The van der Waals surface area contributed by atoms with E-state index in [1.54, 1.807) is 0 Å². The van der Waals surface area contributed by atoms with Gasteiger partial charge in [0.2, 0.25) is 0 Å².